The van der Waals surface area contributed by atoms with Crippen molar-refractivity contribution in [1.29, 1.82) is 5.26 Å². The minimum atomic E-state index is -1.33. The number of ether oxygens (including phenoxy) is 1. The Hall–Kier alpha value is -2.34. The van der Waals surface area contributed by atoms with Crippen LogP contribution in [0.25, 0.3) is 0 Å². The third kappa shape index (κ3) is 2.67. The molecule has 0 aliphatic rings. The van der Waals surface area contributed by atoms with Gasteiger partial charge in [0.2, 0.25) is 0 Å². The Balaban J connectivity index is 3.18. The van der Waals surface area contributed by atoms with Gasteiger partial charge < -0.3 is 4.74 Å². The number of esters is 1. The summed E-state index contributed by atoms with van der Waals surface area (Å²) in [5.41, 5.74) is -0.715. The third-order valence-corrected chi connectivity index (χ3v) is 2.59. The zero-order chi connectivity index (χ0) is 13.4. The lowest BCUT2D eigenvalue weighted by atomic mass is 9.79. The third-order valence-electron chi connectivity index (χ3n) is 2.59. The van der Waals surface area contributed by atoms with Gasteiger partial charge in [0.05, 0.1) is 6.07 Å². The van der Waals surface area contributed by atoms with E-state index in [9.17, 15) is 10.1 Å². The molecule has 0 aliphatic heterocycles. The number of hydrogen-bond donors (Lipinski definition) is 0. The number of carbonyl (C=O) groups is 1. The molecule has 92 valence electrons. The zero-order valence-electron chi connectivity index (χ0n) is 10.1. The number of benzene rings is 1. The average molecular weight is 241 g/mol. The maximum atomic E-state index is 12.1. The van der Waals surface area contributed by atoms with Crippen LogP contribution in [0.15, 0.2) is 55.6 Å². The maximum Gasteiger partial charge on any atom is 0.331 e. The van der Waals surface area contributed by atoms with Crippen LogP contribution in [0, 0.1) is 11.3 Å². The predicted molar refractivity (Wildman–Crippen MR) is 69.7 cm³/mol. The van der Waals surface area contributed by atoms with Crippen LogP contribution in [0.4, 0.5) is 0 Å². The molecule has 0 fully saturated rings. The molecule has 18 heavy (non-hydrogen) atoms. The summed E-state index contributed by atoms with van der Waals surface area (Å²) in [6, 6.07) is 10.9. The van der Waals surface area contributed by atoms with Crippen molar-refractivity contribution in [1.82, 2.24) is 0 Å². The molecule has 0 saturated heterocycles. The molecular formula is C15H15NO2. The van der Waals surface area contributed by atoms with Gasteiger partial charge in [0.25, 0.3) is 0 Å². The van der Waals surface area contributed by atoms with E-state index in [4.69, 9.17) is 4.74 Å². The van der Waals surface area contributed by atoms with E-state index >= 15 is 0 Å². The van der Waals surface area contributed by atoms with E-state index in [-0.39, 0.29) is 13.0 Å². The zero-order valence-corrected chi connectivity index (χ0v) is 10.1. The highest BCUT2D eigenvalue weighted by Gasteiger charge is 2.41. The molecule has 3 heteroatoms. The van der Waals surface area contributed by atoms with Gasteiger partial charge in [-0.05, 0) is 12.0 Å². The van der Waals surface area contributed by atoms with Crippen molar-refractivity contribution in [3.8, 4) is 6.07 Å². The highest BCUT2D eigenvalue weighted by molar-refractivity contribution is 5.87. The smallest absolute Gasteiger partial charge is 0.331 e. The molecule has 0 radical (unpaired) electrons. The van der Waals surface area contributed by atoms with Gasteiger partial charge in [-0.15, -0.1) is 6.58 Å². The monoisotopic (exact) mass is 241 g/mol. The highest BCUT2D eigenvalue weighted by Crippen LogP contribution is 2.29. The van der Waals surface area contributed by atoms with Crippen LogP contribution in [0.2, 0.25) is 0 Å². The van der Waals surface area contributed by atoms with Crippen LogP contribution in [-0.2, 0) is 14.9 Å². The van der Waals surface area contributed by atoms with E-state index in [1.165, 1.54) is 6.08 Å². The molecule has 0 aliphatic carbocycles. The fraction of sp³-hybridized carbons (Fsp3) is 0.200. The van der Waals surface area contributed by atoms with Crippen LogP contribution in [0.5, 0.6) is 0 Å². The summed E-state index contributed by atoms with van der Waals surface area (Å²) in [5.74, 6) is -0.573. The molecule has 1 aromatic carbocycles. The Morgan fingerprint density at radius 2 is 2.00 bits per heavy atom. The molecule has 0 N–H and O–H groups in total. The SMILES string of the molecule is C=CCOC(=O)[C@](C#N)(CC=C)c1ccccc1. The second kappa shape index (κ2) is 6.41. The van der Waals surface area contributed by atoms with Gasteiger partial charge in [-0.1, -0.05) is 49.1 Å². The minimum Gasteiger partial charge on any atom is -0.460 e. The summed E-state index contributed by atoms with van der Waals surface area (Å²) in [7, 11) is 0. The average Bonchev–Trinajstić information content (AvgIpc) is 2.43. The van der Waals surface area contributed by atoms with Gasteiger partial charge in [-0.2, -0.15) is 5.26 Å². The number of allylic oxidation sites excluding steroid dienone is 1. The Kier molecular flexibility index (Phi) is 4.89. The lowest BCUT2D eigenvalue weighted by Crippen LogP contribution is -2.35. The molecule has 1 aromatic rings. The van der Waals surface area contributed by atoms with Crippen molar-refractivity contribution in [2.45, 2.75) is 11.8 Å². The molecule has 0 saturated carbocycles. The molecule has 1 atom stereocenters. The summed E-state index contributed by atoms with van der Waals surface area (Å²) in [5, 5.41) is 9.41. The van der Waals surface area contributed by atoms with E-state index < -0.39 is 11.4 Å². The van der Waals surface area contributed by atoms with Gasteiger partial charge in [0, 0.05) is 0 Å². The topological polar surface area (TPSA) is 50.1 Å². The second-order valence-corrected chi connectivity index (χ2v) is 3.76. The van der Waals surface area contributed by atoms with Crippen molar-refractivity contribution < 1.29 is 9.53 Å². The van der Waals surface area contributed by atoms with E-state index in [2.05, 4.69) is 19.2 Å². The van der Waals surface area contributed by atoms with Gasteiger partial charge in [-0.3, -0.25) is 0 Å². The summed E-state index contributed by atoms with van der Waals surface area (Å²) < 4.78 is 5.03. The number of rotatable bonds is 6. The number of nitriles is 1. The number of nitrogens with zero attached hydrogens (tertiary/aromatic N) is 1. The summed E-state index contributed by atoms with van der Waals surface area (Å²) >= 11 is 0. The molecule has 1 rings (SSSR count). The van der Waals surface area contributed by atoms with Crippen molar-refractivity contribution in [2.75, 3.05) is 6.61 Å². The molecule has 0 bridgehead atoms. The molecule has 0 amide bonds. The lowest BCUT2D eigenvalue weighted by Gasteiger charge is -2.23. The Labute approximate surface area is 107 Å². The van der Waals surface area contributed by atoms with Gasteiger partial charge in [0.1, 0.15) is 6.61 Å². The van der Waals surface area contributed by atoms with Crippen LogP contribution < -0.4 is 0 Å². The standard InChI is InChI=1S/C15H15NO2/c1-3-10-15(12-16,14(17)18-11-4-2)13-8-6-5-7-9-13/h3-9H,1-2,10-11H2/t15-/m0/s1. The van der Waals surface area contributed by atoms with E-state index in [1.54, 1.807) is 30.3 Å². The van der Waals surface area contributed by atoms with Gasteiger partial charge in [0.15, 0.2) is 5.41 Å². The van der Waals surface area contributed by atoms with Crippen LogP contribution in [-0.4, -0.2) is 12.6 Å². The lowest BCUT2D eigenvalue weighted by molar-refractivity contribution is -0.147. The molecule has 0 aromatic heterocycles. The van der Waals surface area contributed by atoms with Crippen molar-refractivity contribution >= 4 is 5.97 Å². The van der Waals surface area contributed by atoms with E-state index in [1.807, 2.05) is 6.07 Å². The maximum absolute atomic E-state index is 12.1. The van der Waals surface area contributed by atoms with E-state index in [0.717, 1.165) is 0 Å². The first-order valence-corrected chi connectivity index (χ1v) is 5.57. The molecule has 0 heterocycles. The van der Waals surface area contributed by atoms with Crippen molar-refractivity contribution in [3.05, 3.63) is 61.2 Å². The summed E-state index contributed by atoms with van der Waals surface area (Å²) in [4.78, 5) is 12.1. The van der Waals surface area contributed by atoms with Crippen LogP contribution >= 0.6 is 0 Å². The summed E-state index contributed by atoms with van der Waals surface area (Å²) in [6.07, 6.45) is 3.23. The predicted octanol–water partition coefficient (Wildman–Crippen LogP) is 2.75. The number of carbonyl (C=O) groups excluding carboxylic acids is 1. The van der Waals surface area contributed by atoms with Crippen LogP contribution in [0.1, 0.15) is 12.0 Å². The first-order chi connectivity index (χ1) is 8.71. The Bertz CT molecular complexity index is 473. The first kappa shape index (κ1) is 13.7. The molecule has 0 spiro atoms. The van der Waals surface area contributed by atoms with Crippen molar-refractivity contribution in [2.24, 2.45) is 0 Å². The normalized spacial score (nSPS) is 12.8. The summed E-state index contributed by atoms with van der Waals surface area (Å²) in [6.45, 7) is 7.17. The van der Waals surface area contributed by atoms with Gasteiger partial charge in [-0.25, -0.2) is 4.79 Å². The second-order valence-electron chi connectivity index (χ2n) is 3.76. The van der Waals surface area contributed by atoms with Crippen molar-refractivity contribution in [3.63, 3.8) is 0 Å². The highest BCUT2D eigenvalue weighted by atomic mass is 16.5. The Morgan fingerprint density at radius 3 is 2.50 bits per heavy atom. The number of hydrogen-bond acceptors (Lipinski definition) is 3. The van der Waals surface area contributed by atoms with Crippen LogP contribution in [0.3, 0.4) is 0 Å². The molecule has 0 unspecified atom stereocenters. The molecular weight excluding hydrogens is 226 g/mol. The first-order valence-electron chi connectivity index (χ1n) is 5.57. The fourth-order valence-corrected chi connectivity index (χ4v) is 1.67. The Morgan fingerprint density at radius 1 is 1.33 bits per heavy atom. The molecule has 3 nitrogen and oxygen atoms in total. The van der Waals surface area contributed by atoms with E-state index in [0.29, 0.717) is 5.56 Å². The largest absolute Gasteiger partial charge is 0.460 e. The quantitative estimate of drug-likeness (QED) is 0.568. The fourth-order valence-electron chi connectivity index (χ4n) is 1.67. The van der Waals surface area contributed by atoms with Gasteiger partial charge >= 0.3 is 5.97 Å². The minimum absolute atomic E-state index is 0.0895.